The molecule has 1 heterocycles. The molecule has 0 N–H and O–H groups in total. The molecule has 0 atom stereocenters. The molecule has 8 aromatic rings. The van der Waals surface area contributed by atoms with E-state index in [4.69, 9.17) is 4.42 Å². The summed E-state index contributed by atoms with van der Waals surface area (Å²) >= 11 is 0. The zero-order valence-electron chi connectivity index (χ0n) is 23.8. The van der Waals surface area contributed by atoms with E-state index in [-0.39, 0.29) is 0 Å². The molecule has 0 aliphatic heterocycles. The molecular weight excluding hydrogens is 520 g/mol. The largest absolute Gasteiger partial charge is 0.456 e. The highest BCUT2D eigenvalue weighted by Gasteiger charge is 2.21. The minimum absolute atomic E-state index is 0.963. The summed E-state index contributed by atoms with van der Waals surface area (Å²) in [7, 11) is 0. The van der Waals surface area contributed by atoms with Crippen LogP contribution in [0.1, 0.15) is 22.3 Å². The summed E-state index contributed by atoms with van der Waals surface area (Å²) < 4.78 is 6.34. The van der Waals surface area contributed by atoms with Crippen molar-refractivity contribution in [1.82, 2.24) is 0 Å². The van der Waals surface area contributed by atoms with Crippen LogP contribution < -0.4 is 0 Å². The molecule has 10 rings (SSSR count). The number of hydrogen-bond donors (Lipinski definition) is 0. The summed E-state index contributed by atoms with van der Waals surface area (Å²) in [5.41, 5.74) is 15.5. The second kappa shape index (κ2) is 8.69. The van der Waals surface area contributed by atoms with Crippen LogP contribution in [0.15, 0.2) is 126 Å². The molecule has 202 valence electrons. The average molecular weight is 549 g/mol. The van der Waals surface area contributed by atoms with Gasteiger partial charge in [-0.1, -0.05) is 103 Å². The lowest BCUT2D eigenvalue weighted by atomic mass is 9.82. The van der Waals surface area contributed by atoms with Crippen molar-refractivity contribution in [1.29, 1.82) is 0 Å². The monoisotopic (exact) mass is 548 g/mol. The molecule has 0 saturated heterocycles. The highest BCUT2D eigenvalue weighted by molar-refractivity contribution is 6.21. The number of benzene rings is 7. The van der Waals surface area contributed by atoms with Crippen LogP contribution in [-0.2, 0) is 25.7 Å². The molecule has 0 unspecified atom stereocenters. The quantitative estimate of drug-likeness (QED) is 0.200. The van der Waals surface area contributed by atoms with Gasteiger partial charge in [-0.2, -0.15) is 0 Å². The van der Waals surface area contributed by atoms with Crippen molar-refractivity contribution in [3.63, 3.8) is 0 Å². The molecule has 0 fully saturated rings. The Hall–Kier alpha value is -5.14. The number of aryl methyl sites for hydroxylation is 4. The topological polar surface area (TPSA) is 13.1 Å². The molecule has 2 aliphatic rings. The summed E-state index contributed by atoms with van der Waals surface area (Å²) in [6.45, 7) is 0. The highest BCUT2D eigenvalue weighted by Crippen LogP contribution is 2.45. The van der Waals surface area contributed by atoms with Gasteiger partial charge >= 0.3 is 0 Å². The van der Waals surface area contributed by atoms with Crippen LogP contribution in [-0.4, -0.2) is 0 Å². The third kappa shape index (κ3) is 3.34. The number of rotatable bonds is 3. The fourth-order valence-corrected chi connectivity index (χ4v) is 7.68. The number of fused-ring (bicyclic) bond motifs is 7. The van der Waals surface area contributed by atoms with Gasteiger partial charge in [-0.25, -0.2) is 0 Å². The Morgan fingerprint density at radius 2 is 0.930 bits per heavy atom. The Bertz CT molecular complexity index is 2380. The first kappa shape index (κ1) is 23.4. The van der Waals surface area contributed by atoms with Crippen LogP contribution in [0.4, 0.5) is 0 Å². The summed E-state index contributed by atoms with van der Waals surface area (Å²) in [6, 6.07) is 45.2. The molecule has 0 spiro atoms. The molecule has 7 aromatic carbocycles. The van der Waals surface area contributed by atoms with Gasteiger partial charge in [-0.3, -0.25) is 0 Å². The summed E-state index contributed by atoms with van der Waals surface area (Å²) in [6.07, 6.45) is 4.73. The second-order valence-corrected chi connectivity index (χ2v) is 12.3. The lowest BCUT2D eigenvalue weighted by Gasteiger charge is -2.22. The van der Waals surface area contributed by atoms with Crippen LogP contribution in [0.3, 0.4) is 0 Å². The van der Waals surface area contributed by atoms with Crippen LogP contribution >= 0.6 is 0 Å². The van der Waals surface area contributed by atoms with E-state index in [0.717, 1.165) is 17.6 Å². The highest BCUT2D eigenvalue weighted by atomic mass is 16.3. The number of hydrogen-bond acceptors (Lipinski definition) is 1. The van der Waals surface area contributed by atoms with Crippen molar-refractivity contribution in [3.8, 4) is 33.4 Å². The predicted octanol–water partition coefficient (Wildman–Crippen LogP) is 11.1. The second-order valence-electron chi connectivity index (χ2n) is 12.3. The smallest absolute Gasteiger partial charge is 0.136 e. The van der Waals surface area contributed by atoms with Crippen molar-refractivity contribution in [2.75, 3.05) is 0 Å². The van der Waals surface area contributed by atoms with E-state index in [9.17, 15) is 0 Å². The molecule has 0 amide bonds. The van der Waals surface area contributed by atoms with Crippen molar-refractivity contribution in [2.24, 2.45) is 0 Å². The molecule has 1 nitrogen and oxygen atoms in total. The fraction of sp³-hybridized carbons (Fsp3) is 0.0952. The first-order valence-electron chi connectivity index (χ1n) is 15.4. The van der Waals surface area contributed by atoms with Gasteiger partial charge in [-0.05, 0) is 121 Å². The zero-order valence-corrected chi connectivity index (χ0v) is 23.8. The average Bonchev–Trinajstić information content (AvgIpc) is 3.39. The maximum Gasteiger partial charge on any atom is 0.136 e. The minimum Gasteiger partial charge on any atom is -0.456 e. The first-order chi connectivity index (χ1) is 21.3. The van der Waals surface area contributed by atoms with E-state index >= 15 is 0 Å². The maximum absolute atomic E-state index is 6.34. The Morgan fingerprint density at radius 3 is 1.56 bits per heavy atom. The third-order valence-corrected chi connectivity index (χ3v) is 10.1. The lowest BCUT2D eigenvalue weighted by Crippen LogP contribution is -2.07. The first-order valence-corrected chi connectivity index (χ1v) is 15.4. The standard InChI is InChI=1S/C42H28O/c1-3-8-35-33(6-1)40(34-7-2-4-9-36(34)41(35)31-21-13-25-12-18-28(25)22-31)27-16-14-26(15-17-27)32-10-5-11-38-42(32)37-23-29-19-20-30(29)24-39(37)43-38/h1-11,13-17,21-24H,12,18-20H2. The summed E-state index contributed by atoms with van der Waals surface area (Å²) in [5, 5.41) is 7.67. The van der Waals surface area contributed by atoms with Gasteiger partial charge in [-0.15, -0.1) is 0 Å². The van der Waals surface area contributed by atoms with E-state index in [1.54, 1.807) is 0 Å². The maximum atomic E-state index is 6.34. The van der Waals surface area contributed by atoms with Crippen molar-refractivity contribution >= 4 is 43.5 Å². The van der Waals surface area contributed by atoms with Crippen molar-refractivity contribution < 1.29 is 4.42 Å². The van der Waals surface area contributed by atoms with Gasteiger partial charge < -0.3 is 4.42 Å². The third-order valence-electron chi connectivity index (χ3n) is 10.1. The van der Waals surface area contributed by atoms with Gasteiger partial charge in [0.25, 0.3) is 0 Å². The number of furan rings is 1. The van der Waals surface area contributed by atoms with Crippen molar-refractivity contribution in [3.05, 3.63) is 144 Å². The molecular formula is C42H28O. The summed E-state index contributed by atoms with van der Waals surface area (Å²) in [4.78, 5) is 0. The van der Waals surface area contributed by atoms with E-state index in [1.165, 1.54) is 107 Å². The zero-order chi connectivity index (χ0) is 28.1. The van der Waals surface area contributed by atoms with Crippen molar-refractivity contribution in [2.45, 2.75) is 25.7 Å². The van der Waals surface area contributed by atoms with E-state index in [2.05, 4.69) is 121 Å². The van der Waals surface area contributed by atoms with Gasteiger partial charge in [0.2, 0.25) is 0 Å². The van der Waals surface area contributed by atoms with Gasteiger partial charge in [0.15, 0.2) is 0 Å². The normalized spacial score (nSPS) is 13.7. The van der Waals surface area contributed by atoms with E-state index < -0.39 is 0 Å². The van der Waals surface area contributed by atoms with Crippen LogP contribution in [0, 0.1) is 0 Å². The van der Waals surface area contributed by atoms with E-state index in [0.29, 0.717) is 0 Å². The van der Waals surface area contributed by atoms with Crippen LogP contribution in [0.25, 0.3) is 76.9 Å². The molecule has 0 saturated carbocycles. The van der Waals surface area contributed by atoms with Gasteiger partial charge in [0.05, 0.1) is 0 Å². The minimum atomic E-state index is 0.963. The van der Waals surface area contributed by atoms with Crippen LogP contribution in [0.5, 0.6) is 0 Å². The molecule has 0 radical (unpaired) electrons. The van der Waals surface area contributed by atoms with Crippen LogP contribution in [0.2, 0.25) is 0 Å². The Labute approximate surface area is 250 Å². The fourth-order valence-electron chi connectivity index (χ4n) is 7.68. The molecule has 43 heavy (non-hydrogen) atoms. The molecule has 1 aromatic heterocycles. The molecule has 1 heteroatoms. The lowest BCUT2D eigenvalue weighted by molar-refractivity contribution is 0.666. The Morgan fingerprint density at radius 1 is 0.372 bits per heavy atom. The van der Waals surface area contributed by atoms with Gasteiger partial charge in [0, 0.05) is 10.8 Å². The SMILES string of the molecule is c1cc(-c2ccc(-c3c4ccccc4c(-c4ccc5c(c4)CC5)c4ccccc34)cc2)c2c(c1)oc1cc3c(cc12)CC3. The Balaban J connectivity index is 1.17. The van der Waals surface area contributed by atoms with E-state index in [1.807, 2.05) is 0 Å². The summed E-state index contributed by atoms with van der Waals surface area (Å²) in [5.74, 6) is 0. The molecule has 0 bridgehead atoms. The predicted molar refractivity (Wildman–Crippen MR) is 180 cm³/mol. The molecule has 2 aliphatic carbocycles. The Kier molecular flexibility index (Phi) is 4.73. The van der Waals surface area contributed by atoms with Gasteiger partial charge in [0.1, 0.15) is 11.2 Å².